The molecule has 0 atom stereocenters. The van der Waals surface area contributed by atoms with Gasteiger partial charge in [-0.25, -0.2) is 4.68 Å². The Morgan fingerprint density at radius 3 is 2.81 bits per heavy atom. The maximum atomic E-state index is 12.8. The van der Waals surface area contributed by atoms with Gasteiger partial charge >= 0.3 is 0 Å². The van der Waals surface area contributed by atoms with Crippen molar-refractivity contribution in [2.24, 2.45) is 0 Å². The van der Waals surface area contributed by atoms with Gasteiger partial charge in [0, 0.05) is 17.1 Å². The maximum absolute atomic E-state index is 12.8. The van der Waals surface area contributed by atoms with Crippen LogP contribution in [0.1, 0.15) is 22.3 Å². The zero-order chi connectivity index (χ0) is 18.8. The van der Waals surface area contributed by atoms with Crippen molar-refractivity contribution < 1.29 is 4.79 Å². The number of hydrogen-bond acceptors (Lipinski definition) is 6. The summed E-state index contributed by atoms with van der Waals surface area (Å²) in [5.41, 5.74) is 2.27. The average molecular weight is 399 g/mol. The number of amides is 1. The van der Waals surface area contributed by atoms with Crippen molar-refractivity contribution in [3.8, 4) is 0 Å². The van der Waals surface area contributed by atoms with Crippen LogP contribution in [-0.4, -0.2) is 37.6 Å². The highest BCUT2D eigenvalue weighted by Gasteiger charge is 2.20. The third-order valence-electron chi connectivity index (χ3n) is 4.03. The summed E-state index contributed by atoms with van der Waals surface area (Å²) in [5.74, 6) is -0.158. The number of rotatable bonds is 5. The summed E-state index contributed by atoms with van der Waals surface area (Å²) < 4.78 is 1.77. The Labute approximate surface area is 164 Å². The van der Waals surface area contributed by atoms with Gasteiger partial charge in [0.25, 0.3) is 5.91 Å². The third kappa shape index (κ3) is 3.54. The lowest BCUT2D eigenvalue weighted by atomic mass is 10.2. The molecule has 0 fully saturated rings. The smallest absolute Gasteiger partial charge is 0.260 e. The Kier molecular flexibility index (Phi) is 4.83. The van der Waals surface area contributed by atoms with Crippen LogP contribution in [0.15, 0.2) is 48.5 Å². The fourth-order valence-electron chi connectivity index (χ4n) is 2.72. The van der Waals surface area contributed by atoms with E-state index in [1.54, 1.807) is 33.8 Å². The minimum absolute atomic E-state index is 0.158. The Morgan fingerprint density at radius 2 is 2.00 bits per heavy atom. The van der Waals surface area contributed by atoms with Gasteiger partial charge in [-0.15, -0.1) is 15.3 Å². The van der Waals surface area contributed by atoms with Gasteiger partial charge in [-0.1, -0.05) is 46.4 Å². The molecule has 0 N–H and O–H groups in total. The molecule has 0 spiro atoms. The minimum atomic E-state index is -0.158. The van der Waals surface area contributed by atoms with E-state index in [1.165, 1.54) is 11.3 Å². The van der Waals surface area contributed by atoms with E-state index < -0.39 is 0 Å². The van der Waals surface area contributed by atoms with Crippen LogP contribution in [0.3, 0.4) is 0 Å². The molecule has 0 aliphatic rings. The number of fused-ring (bicyclic) bond motifs is 1. The molecule has 1 amide bonds. The average Bonchev–Trinajstić information content (AvgIpc) is 3.30. The van der Waals surface area contributed by atoms with E-state index in [4.69, 9.17) is 11.6 Å². The molecule has 2 aromatic heterocycles. The molecule has 0 aliphatic carbocycles. The fraction of sp³-hybridized carbons (Fsp3) is 0.167. The first-order chi connectivity index (χ1) is 13.2. The summed E-state index contributed by atoms with van der Waals surface area (Å²) in [7, 11) is 0. The largest absolute Gasteiger partial charge is 0.283 e. The van der Waals surface area contributed by atoms with Crippen molar-refractivity contribution in [2.75, 3.05) is 11.4 Å². The summed E-state index contributed by atoms with van der Waals surface area (Å²) in [5, 5.41) is 18.5. The molecule has 0 saturated carbocycles. The molecule has 4 rings (SSSR count). The topological polar surface area (TPSA) is 76.8 Å². The summed E-state index contributed by atoms with van der Waals surface area (Å²) in [4.78, 5) is 14.4. The number of benzene rings is 2. The number of nitrogens with zero attached hydrogens (tertiary/aromatic N) is 6. The van der Waals surface area contributed by atoms with E-state index >= 15 is 0 Å². The van der Waals surface area contributed by atoms with E-state index in [9.17, 15) is 4.79 Å². The number of hydrogen-bond donors (Lipinski definition) is 0. The van der Waals surface area contributed by atoms with Crippen LogP contribution in [0, 0.1) is 0 Å². The predicted octanol–water partition coefficient (Wildman–Crippen LogP) is 3.65. The van der Waals surface area contributed by atoms with Crippen molar-refractivity contribution in [2.45, 2.75) is 13.5 Å². The molecule has 0 radical (unpaired) electrons. The molecule has 136 valence electrons. The van der Waals surface area contributed by atoms with Gasteiger partial charge < -0.3 is 0 Å². The highest BCUT2D eigenvalue weighted by molar-refractivity contribution is 7.15. The molecule has 0 unspecified atom stereocenters. The van der Waals surface area contributed by atoms with Crippen LogP contribution >= 0.6 is 22.9 Å². The van der Waals surface area contributed by atoms with Crippen molar-refractivity contribution in [1.29, 1.82) is 0 Å². The second-order valence-electron chi connectivity index (χ2n) is 5.77. The van der Waals surface area contributed by atoms with E-state index in [-0.39, 0.29) is 5.91 Å². The summed E-state index contributed by atoms with van der Waals surface area (Å²) in [6.45, 7) is 2.82. The second kappa shape index (κ2) is 7.42. The third-order valence-corrected chi connectivity index (χ3v) is 5.19. The number of para-hydroxylation sites is 1. The van der Waals surface area contributed by atoms with E-state index in [2.05, 4.69) is 20.5 Å². The monoisotopic (exact) mass is 398 g/mol. The van der Waals surface area contributed by atoms with Gasteiger partial charge in [-0.2, -0.15) is 0 Å². The Hall–Kier alpha value is -2.84. The van der Waals surface area contributed by atoms with Crippen LogP contribution < -0.4 is 4.90 Å². The number of carbonyl (C=O) groups excluding carboxylic acids is 1. The molecule has 0 bridgehead atoms. The Balaban J connectivity index is 1.58. The molecule has 2 heterocycles. The van der Waals surface area contributed by atoms with Crippen molar-refractivity contribution in [3.05, 3.63) is 64.1 Å². The zero-order valence-electron chi connectivity index (χ0n) is 14.4. The lowest BCUT2D eigenvalue weighted by Gasteiger charge is -2.17. The number of halogens is 1. The molecular formula is C18H15ClN6OS. The number of aromatic nitrogens is 5. The lowest BCUT2D eigenvalue weighted by molar-refractivity contribution is 0.0988. The van der Waals surface area contributed by atoms with Crippen LogP contribution in [-0.2, 0) is 6.54 Å². The van der Waals surface area contributed by atoms with Gasteiger partial charge in [-0.05, 0) is 37.3 Å². The zero-order valence-corrected chi connectivity index (χ0v) is 16.0. The second-order valence-corrected chi connectivity index (χ2v) is 7.25. The van der Waals surface area contributed by atoms with Crippen molar-refractivity contribution in [3.63, 3.8) is 0 Å². The van der Waals surface area contributed by atoms with E-state index in [0.717, 1.165) is 16.0 Å². The summed E-state index contributed by atoms with van der Waals surface area (Å²) in [6, 6.07) is 14.6. The minimum Gasteiger partial charge on any atom is -0.283 e. The van der Waals surface area contributed by atoms with Gasteiger partial charge in [0.2, 0.25) is 5.13 Å². The van der Waals surface area contributed by atoms with Gasteiger partial charge in [0.05, 0.1) is 12.1 Å². The van der Waals surface area contributed by atoms with Gasteiger partial charge in [0.1, 0.15) is 10.5 Å². The molecule has 2 aromatic carbocycles. The first-order valence-corrected chi connectivity index (χ1v) is 9.53. The lowest BCUT2D eigenvalue weighted by Crippen LogP contribution is -2.30. The number of carbonyl (C=O) groups is 1. The maximum Gasteiger partial charge on any atom is 0.260 e. The van der Waals surface area contributed by atoms with E-state index in [1.807, 2.05) is 31.2 Å². The molecule has 0 aliphatic heterocycles. The highest BCUT2D eigenvalue weighted by atomic mass is 35.5. The van der Waals surface area contributed by atoms with Crippen LogP contribution in [0.4, 0.5) is 5.13 Å². The summed E-state index contributed by atoms with van der Waals surface area (Å²) in [6.07, 6.45) is 0. The van der Waals surface area contributed by atoms with Crippen molar-refractivity contribution in [1.82, 2.24) is 25.2 Å². The molecule has 4 aromatic rings. The first-order valence-electron chi connectivity index (χ1n) is 8.33. The Morgan fingerprint density at radius 1 is 1.15 bits per heavy atom. The molecule has 7 nitrogen and oxygen atoms in total. The quantitative estimate of drug-likeness (QED) is 0.512. The normalized spacial score (nSPS) is 11.0. The van der Waals surface area contributed by atoms with Gasteiger partial charge in [0.15, 0.2) is 0 Å². The Bertz CT molecular complexity index is 1110. The molecule has 27 heavy (non-hydrogen) atoms. The van der Waals surface area contributed by atoms with Crippen LogP contribution in [0.5, 0.6) is 0 Å². The summed E-state index contributed by atoms with van der Waals surface area (Å²) >= 11 is 7.36. The van der Waals surface area contributed by atoms with Gasteiger partial charge in [-0.3, -0.25) is 9.69 Å². The van der Waals surface area contributed by atoms with E-state index in [0.29, 0.717) is 28.8 Å². The molecule has 9 heteroatoms. The SMILES string of the molecule is CCN(C(=O)c1cccc(Cl)c1)c1nnc(Cn2nnc3ccccc32)s1. The number of anilines is 1. The molecule has 0 saturated heterocycles. The van der Waals surface area contributed by atoms with Crippen LogP contribution in [0.25, 0.3) is 11.0 Å². The van der Waals surface area contributed by atoms with Crippen LogP contribution in [0.2, 0.25) is 5.02 Å². The molecular weight excluding hydrogens is 384 g/mol. The first kappa shape index (κ1) is 17.6. The standard InChI is InChI=1S/C18H15ClN6OS/c1-2-24(17(26)12-6-5-7-13(19)10-12)18-22-21-16(27-18)11-25-15-9-4-3-8-14(15)20-23-25/h3-10H,2,11H2,1H3. The predicted molar refractivity (Wildman–Crippen MR) is 105 cm³/mol. The van der Waals surface area contributed by atoms with Crippen molar-refractivity contribution >= 4 is 45.0 Å². The fourth-order valence-corrected chi connectivity index (χ4v) is 3.80. The highest BCUT2D eigenvalue weighted by Crippen LogP contribution is 2.24.